The first-order chi connectivity index (χ1) is 7.77. The second-order valence-electron chi connectivity index (χ2n) is 4.32. The lowest BCUT2D eigenvalue weighted by atomic mass is 10.1. The van der Waals surface area contributed by atoms with E-state index >= 15 is 0 Å². The molecule has 0 aliphatic heterocycles. The molecule has 0 spiro atoms. The summed E-state index contributed by atoms with van der Waals surface area (Å²) in [5, 5.41) is 5.44. The molecule has 2 rings (SSSR count). The van der Waals surface area contributed by atoms with E-state index < -0.39 is 0 Å². The predicted octanol–water partition coefficient (Wildman–Crippen LogP) is 3.54. The van der Waals surface area contributed by atoms with Crippen LogP contribution in [0.5, 0.6) is 0 Å². The van der Waals surface area contributed by atoms with E-state index in [4.69, 9.17) is 0 Å². The van der Waals surface area contributed by atoms with Crippen molar-refractivity contribution >= 4 is 27.4 Å². The zero-order valence-electron chi connectivity index (χ0n) is 9.73. The molecule has 0 atom stereocenters. The van der Waals surface area contributed by atoms with Crippen LogP contribution in [0, 0.1) is 5.92 Å². The number of anilines is 1. The Kier molecular flexibility index (Phi) is 3.72. The molecule has 2 heterocycles. The lowest BCUT2D eigenvalue weighted by molar-refractivity contribution is 0.567. The van der Waals surface area contributed by atoms with Crippen molar-refractivity contribution in [2.75, 3.05) is 11.9 Å². The molecular weight excluding hydrogens is 218 g/mol. The lowest BCUT2D eigenvalue weighted by Crippen LogP contribution is -2.04. The fourth-order valence-corrected chi connectivity index (χ4v) is 2.44. The molecule has 2 aromatic rings. The Morgan fingerprint density at radius 3 is 3.06 bits per heavy atom. The molecule has 3 nitrogen and oxygen atoms in total. The van der Waals surface area contributed by atoms with E-state index in [1.807, 2.05) is 6.07 Å². The van der Waals surface area contributed by atoms with E-state index in [9.17, 15) is 0 Å². The Morgan fingerprint density at radius 1 is 1.38 bits per heavy atom. The van der Waals surface area contributed by atoms with Gasteiger partial charge in [-0.15, -0.1) is 11.3 Å². The van der Waals surface area contributed by atoms with E-state index in [0.29, 0.717) is 0 Å². The minimum Gasteiger partial charge on any atom is -0.369 e. The maximum absolute atomic E-state index is 4.28. The van der Waals surface area contributed by atoms with E-state index in [-0.39, 0.29) is 0 Å². The molecule has 0 saturated carbocycles. The smallest absolute Gasteiger partial charge is 0.147 e. The van der Waals surface area contributed by atoms with Gasteiger partial charge in [0.05, 0.1) is 10.2 Å². The highest BCUT2D eigenvalue weighted by Crippen LogP contribution is 2.24. The Morgan fingerprint density at radius 2 is 2.25 bits per heavy atom. The van der Waals surface area contributed by atoms with Gasteiger partial charge in [0.25, 0.3) is 0 Å². The molecule has 0 aliphatic carbocycles. The fourth-order valence-electron chi connectivity index (χ4n) is 1.63. The number of aromatic nitrogens is 2. The quantitative estimate of drug-likeness (QED) is 0.805. The zero-order valence-corrected chi connectivity index (χ0v) is 10.5. The number of hydrogen-bond donors (Lipinski definition) is 1. The molecule has 0 bridgehead atoms. The number of hydrogen-bond acceptors (Lipinski definition) is 4. The summed E-state index contributed by atoms with van der Waals surface area (Å²) < 4.78 is 1.16. The van der Waals surface area contributed by atoms with Gasteiger partial charge in [0.15, 0.2) is 0 Å². The number of fused-ring (bicyclic) bond motifs is 1. The van der Waals surface area contributed by atoms with Crippen molar-refractivity contribution in [1.82, 2.24) is 9.97 Å². The highest BCUT2D eigenvalue weighted by Gasteiger charge is 2.03. The monoisotopic (exact) mass is 235 g/mol. The molecule has 0 aliphatic rings. The highest BCUT2D eigenvalue weighted by molar-refractivity contribution is 7.17. The summed E-state index contributed by atoms with van der Waals surface area (Å²) >= 11 is 1.69. The third-order valence-electron chi connectivity index (χ3n) is 2.49. The van der Waals surface area contributed by atoms with Crippen molar-refractivity contribution < 1.29 is 0 Å². The van der Waals surface area contributed by atoms with Gasteiger partial charge in [-0.05, 0) is 30.2 Å². The third-order valence-corrected chi connectivity index (χ3v) is 3.40. The Labute approximate surface area is 99.9 Å². The van der Waals surface area contributed by atoms with Crippen molar-refractivity contribution in [3.05, 3.63) is 17.8 Å². The van der Waals surface area contributed by atoms with Crippen molar-refractivity contribution in [3.63, 3.8) is 0 Å². The number of nitrogens with one attached hydrogen (secondary N) is 1. The van der Waals surface area contributed by atoms with Crippen LogP contribution in [0.2, 0.25) is 0 Å². The van der Waals surface area contributed by atoms with Gasteiger partial charge < -0.3 is 5.32 Å². The molecule has 2 aromatic heterocycles. The SMILES string of the molecule is CC(C)CCCNc1ncnc2ccsc12. The average molecular weight is 235 g/mol. The molecule has 86 valence electrons. The van der Waals surface area contributed by atoms with Crippen molar-refractivity contribution in [2.24, 2.45) is 5.92 Å². The number of nitrogens with zero attached hydrogens (tertiary/aromatic N) is 2. The minimum absolute atomic E-state index is 0.772. The molecule has 4 heteroatoms. The van der Waals surface area contributed by atoms with Gasteiger partial charge in [0.2, 0.25) is 0 Å². The molecule has 16 heavy (non-hydrogen) atoms. The molecule has 1 N–H and O–H groups in total. The molecule has 0 fully saturated rings. The summed E-state index contributed by atoms with van der Waals surface area (Å²) in [6.07, 6.45) is 4.07. The van der Waals surface area contributed by atoms with Crippen LogP contribution in [-0.4, -0.2) is 16.5 Å². The van der Waals surface area contributed by atoms with Crippen LogP contribution in [-0.2, 0) is 0 Å². The van der Waals surface area contributed by atoms with E-state index in [1.54, 1.807) is 17.7 Å². The van der Waals surface area contributed by atoms with Crippen molar-refractivity contribution in [1.29, 1.82) is 0 Å². The molecule has 0 radical (unpaired) electrons. The van der Waals surface area contributed by atoms with Gasteiger partial charge in [-0.25, -0.2) is 9.97 Å². The zero-order chi connectivity index (χ0) is 11.4. The van der Waals surface area contributed by atoms with E-state index in [2.05, 4.69) is 34.5 Å². The maximum atomic E-state index is 4.28. The fraction of sp³-hybridized carbons (Fsp3) is 0.500. The summed E-state index contributed by atoms with van der Waals surface area (Å²) in [5.74, 6) is 1.75. The third kappa shape index (κ3) is 2.70. The van der Waals surface area contributed by atoms with Crippen LogP contribution in [0.4, 0.5) is 5.82 Å². The van der Waals surface area contributed by atoms with Gasteiger partial charge >= 0.3 is 0 Å². The minimum atomic E-state index is 0.772. The largest absolute Gasteiger partial charge is 0.369 e. The van der Waals surface area contributed by atoms with Gasteiger partial charge in [0.1, 0.15) is 12.1 Å². The summed E-state index contributed by atoms with van der Waals surface area (Å²) in [7, 11) is 0. The Bertz CT molecular complexity index is 450. The predicted molar refractivity (Wildman–Crippen MR) is 70.0 cm³/mol. The van der Waals surface area contributed by atoms with Crippen molar-refractivity contribution in [3.8, 4) is 0 Å². The molecule has 0 saturated heterocycles. The molecule has 0 unspecified atom stereocenters. The van der Waals surface area contributed by atoms with Crippen LogP contribution in [0.25, 0.3) is 10.2 Å². The molecule has 0 amide bonds. The summed E-state index contributed by atoms with van der Waals surface area (Å²) in [6, 6.07) is 2.03. The first-order valence-electron chi connectivity index (χ1n) is 5.69. The summed E-state index contributed by atoms with van der Waals surface area (Å²) in [4.78, 5) is 8.50. The van der Waals surface area contributed by atoms with E-state index in [1.165, 1.54) is 12.8 Å². The molecule has 0 aromatic carbocycles. The lowest BCUT2D eigenvalue weighted by Gasteiger charge is -2.07. The highest BCUT2D eigenvalue weighted by atomic mass is 32.1. The van der Waals surface area contributed by atoms with Crippen LogP contribution >= 0.6 is 11.3 Å². The number of rotatable bonds is 5. The van der Waals surface area contributed by atoms with Crippen molar-refractivity contribution in [2.45, 2.75) is 26.7 Å². The standard InChI is InChI=1S/C12H17N3S/c1-9(2)4-3-6-13-12-11-10(5-7-16-11)14-8-15-12/h5,7-9H,3-4,6H2,1-2H3,(H,13,14,15). The van der Waals surface area contributed by atoms with Gasteiger partial charge in [0, 0.05) is 6.54 Å². The first-order valence-corrected chi connectivity index (χ1v) is 6.57. The Balaban J connectivity index is 1.96. The summed E-state index contributed by atoms with van der Waals surface area (Å²) in [5.41, 5.74) is 1.03. The normalized spacial score (nSPS) is 11.2. The average Bonchev–Trinajstić information content (AvgIpc) is 2.72. The second kappa shape index (κ2) is 5.25. The van der Waals surface area contributed by atoms with Crippen LogP contribution in [0.3, 0.4) is 0 Å². The second-order valence-corrected chi connectivity index (χ2v) is 5.24. The van der Waals surface area contributed by atoms with Crippen LogP contribution < -0.4 is 5.32 Å². The number of thiophene rings is 1. The maximum Gasteiger partial charge on any atom is 0.147 e. The van der Waals surface area contributed by atoms with Gasteiger partial charge in [-0.2, -0.15) is 0 Å². The van der Waals surface area contributed by atoms with Crippen LogP contribution in [0.1, 0.15) is 26.7 Å². The van der Waals surface area contributed by atoms with Crippen LogP contribution in [0.15, 0.2) is 17.8 Å². The topological polar surface area (TPSA) is 37.8 Å². The first kappa shape index (κ1) is 11.3. The Hall–Kier alpha value is -1.16. The van der Waals surface area contributed by atoms with Gasteiger partial charge in [-0.1, -0.05) is 13.8 Å². The molecular formula is C12H17N3S. The van der Waals surface area contributed by atoms with Gasteiger partial charge in [-0.3, -0.25) is 0 Å². The summed E-state index contributed by atoms with van der Waals surface area (Å²) in [6.45, 7) is 5.49. The van der Waals surface area contributed by atoms with E-state index in [0.717, 1.165) is 28.5 Å².